The minimum Gasteiger partial charge on any atom is -0.348 e. The average Bonchev–Trinajstić information content (AvgIpc) is 1.87. The molecule has 2 atom stereocenters. The molecule has 56 valence electrons. The largest absolute Gasteiger partial charge is 0.348 e. The van der Waals surface area contributed by atoms with Crippen LogP contribution in [-0.4, -0.2) is 24.0 Å². The van der Waals surface area contributed by atoms with Crippen LogP contribution < -0.4 is 10.6 Å². The summed E-state index contributed by atoms with van der Waals surface area (Å²) in [7, 11) is 0. The Morgan fingerprint density at radius 3 is 2.80 bits per heavy atom. The molecule has 3 heteroatoms. The zero-order chi connectivity index (χ0) is 7.19. The highest BCUT2D eigenvalue weighted by Crippen LogP contribution is 2.23. The molecule has 2 bridgehead atoms. The van der Waals surface area contributed by atoms with Crippen LogP contribution in [0.1, 0.15) is 19.8 Å². The van der Waals surface area contributed by atoms with Crippen LogP contribution in [0.3, 0.4) is 0 Å². The Kier molecular flexibility index (Phi) is 1.06. The summed E-state index contributed by atoms with van der Waals surface area (Å²) >= 11 is 0. The van der Waals surface area contributed by atoms with Gasteiger partial charge in [0.05, 0.1) is 6.04 Å². The number of amides is 1. The number of fused-ring (bicyclic) bond motifs is 3. The molecule has 10 heavy (non-hydrogen) atoms. The Labute approximate surface area is 60.2 Å². The van der Waals surface area contributed by atoms with Gasteiger partial charge in [-0.05, 0) is 19.8 Å². The first-order valence-corrected chi connectivity index (χ1v) is 3.75. The van der Waals surface area contributed by atoms with Gasteiger partial charge in [-0.2, -0.15) is 0 Å². The monoisotopic (exact) mass is 140 g/mol. The Morgan fingerprint density at radius 2 is 2.50 bits per heavy atom. The number of piperidine rings is 2. The topological polar surface area (TPSA) is 41.1 Å². The number of piperazine rings is 1. The van der Waals surface area contributed by atoms with E-state index in [1.165, 1.54) is 0 Å². The summed E-state index contributed by atoms with van der Waals surface area (Å²) in [6.45, 7) is 3.02. The highest BCUT2D eigenvalue weighted by atomic mass is 16.2. The van der Waals surface area contributed by atoms with Crippen LogP contribution in [0.4, 0.5) is 0 Å². The van der Waals surface area contributed by atoms with Crippen molar-refractivity contribution in [1.29, 1.82) is 0 Å². The molecule has 0 radical (unpaired) electrons. The Hall–Kier alpha value is -0.570. The lowest BCUT2D eigenvalue weighted by molar-refractivity contribution is -0.130. The first-order valence-electron chi connectivity index (χ1n) is 3.75. The van der Waals surface area contributed by atoms with Gasteiger partial charge in [-0.25, -0.2) is 0 Å². The lowest BCUT2D eigenvalue weighted by Gasteiger charge is -2.44. The van der Waals surface area contributed by atoms with Gasteiger partial charge in [0, 0.05) is 12.1 Å². The van der Waals surface area contributed by atoms with E-state index in [1.54, 1.807) is 0 Å². The van der Waals surface area contributed by atoms with Crippen LogP contribution in [0.5, 0.6) is 0 Å². The van der Waals surface area contributed by atoms with Crippen LogP contribution in [0.15, 0.2) is 0 Å². The van der Waals surface area contributed by atoms with Gasteiger partial charge in [-0.15, -0.1) is 0 Å². The van der Waals surface area contributed by atoms with Gasteiger partial charge in [0.1, 0.15) is 0 Å². The molecule has 2 N–H and O–H groups in total. The van der Waals surface area contributed by atoms with Gasteiger partial charge in [0.25, 0.3) is 0 Å². The molecule has 3 heterocycles. The molecule has 3 aliphatic heterocycles. The lowest BCUT2D eigenvalue weighted by Crippen LogP contribution is -2.69. The van der Waals surface area contributed by atoms with Crippen molar-refractivity contribution < 1.29 is 4.79 Å². The standard InChI is InChI=1S/C7H12N2O/c1-7-3-2-5(8-4-7)6(10)9-7/h5,8H,2-4H2,1H3,(H,9,10). The molecule has 3 nitrogen and oxygen atoms in total. The van der Waals surface area contributed by atoms with Crippen molar-refractivity contribution in [1.82, 2.24) is 10.6 Å². The molecule has 0 aromatic rings. The van der Waals surface area contributed by atoms with Crippen LogP contribution in [-0.2, 0) is 4.79 Å². The molecule has 2 unspecified atom stereocenters. The second kappa shape index (κ2) is 1.72. The van der Waals surface area contributed by atoms with E-state index in [-0.39, 0.29) is 17.5 Å². The second-order valence-corrected chi connectivity index (χ2v) is 3.52. The van der Waals surface area contributed by atoms with Gasteiger partial charge in [-0.1, -0.05) is 0 Å². The van der Waals surface area contributed by atoms with E-state index in [1.807, 2.05) is 0 Å². The minimum atomic E-state index is 0.0475. The SMILES string of the molecule is CC12CCC(NC1)C(=O)N2. The Bertz CT molecular complexity index is 170. The molecular formula is C7H12N2O. The highest BCUT2D eigenvalue weighted by molar-refractivity contribution is 5.84. The van der Waals surface area contributed by atoms with Gasteiger partial charge in [0.2, 0.25) is 5.91 Å². The number of rotatable bonds is 0. The normalized spacial score (nSPS) is 45.3. The molecule has 0 spiro atoms. The number of hydrogen-bond acceptors (Lipinski definition) is 2. The Balaban J connectivity index is 2.22. The maximum absolute atomic E-state index is 11.1. The zero-order valence-corrected chi connectivity index (χ0v) is 6.11. The zero-order valence-electron chi connectivity index (χ0n) is 6.11. The fourth-order valence-corrected chi connectivity index (χ4v) is 1.72. The van der Waals surface area contributed by atoms with Crippen molar-refractivity contribution in [3.8, 4) is 0 Å². The summed E-state index contributed by atoms with van der Waals surface area (Å²) in [5.41, 5.74) is 0.0475. The molecule has 3 aliphatic rings. The van der Waals surface area contributed by atoms with E-state index < -0.39 is 0 Å². The summed E-state index contributed by atoms with van der Waals surface area (Å²) in [6.07, 6.45) is 2.12. The number of carbonyl (C=O) groups is 1. The van der Waals surface area contributed by atoms with E-state index >= 15 is 0 Å². The summed E-state index contributed by atoms with van der Waals surface area (Å²) in [6, 6.07) is 0.0989. The van der Waals surface area contributed by atoms with Crippen molar-refractivity contribution in [3.63, 3.8) is 0 Å². The third-order valence-electron chi connectivity index (χ3n) is 2.46. The quantitative estimate of drug-likeness (QED) is 0.482. The predicted octanol–water partition coefficient (Wildman–Crippen LogP) is -0.373. The van der Waals surface area contributed by atoms with Gasteiger partial charge >= 0.3 is 0 Å². The average molecular weight is 140 g/mol. The van der Waals surface area contributed by atoms with Crippen molar-refractivity contribution in [2.24, 2.45) is 0 Å². The third kappa shape index (κ3) is 0.736. The summed E-state index contributed by atoms with van der Waals surface area (Å²) in [5, 5.41) is 6.19. The molecule has 1 amide bonds. The van der Waals surface area contributed by atoms with Gasteiger partial charge in [0.15, 0.2) is 0 Å². The fraction of sp³-hybridized carbons (Fsp3) is 0.857. The molecule has 0 aromatic carbocycles. The molecule has 3 fully saturated rings. The first kappa shape index (κ1) is 6.16. The highest BCUT2D eigenvalue weighted by Gasteiger charge is 2.40. The molecule has 0 aromatic heterocycles. The van der Waals surface area contributed by atoms with Gasteiger partial charge in [-0.3, -0.25) is 4.79 Å². The number of nitrogens with one attached hydrogen (secondary N) is 2. The predicted molar refractivity (Wildman–Crippen MR) is 37.6 cm³/mol. The van der Waals surface area contributed by atoms with Crippen molar-refractivity contribution in [3.05, 3.63) is 0 Å². The van der Waals surface area contributed by atoms with Crippen molar-refractivity contribution in [2.75, 3.05) is 6.54 Å². The fourth-order valence-electron chi connectivity index (χ4n) is 1.72. The molecule has 0 saturated carbocycles. The van der Waals surface area contributed by atoms with Gasteiger partial charge < -0.3 is 10.6 Å². The maximum atomic E-state index is 11.1. The number of hydrogen-bond donors (Lipinski definition) is 2. The van der Waals surface area contributed by atoms with Crippen molar-refractivity contribution >= 4 is 5.91 Å². The summed E-state index contributed by atoms with van der Waals surface area (Å²) in [4.78, 5) is 11.1. The van der Waals surface area contributed by atoms with Crippen molar-refractivity contribution in [2.45, 2.75) is 31.3 Å². The smallest absolute Gasteiger partial charge is 0.237 e. The molecular weight excluding hydrogens is 128 g/mol. The Morgan fingerprint density at radius 1 is 1.70 bits per heavy atom. The molecule has 3 saturated heterocycles. The summed E-state index contributed by atoms with van der Waals surface area (Å²) in [5.74, 6) is 0.181. The third-order valence-corrected chi connectivity index (χ3v) is 2.46. The van der Waals surface area contributed by atoms with Crippen LogP contribution in [0, 0.1) is 0 Å². The van der Waals surface area contributed by atoms with E-state index in [0.29, 0.717) is 0 Å². The van der Waals surface area contributed by atoms with E-state index in [4.69, 9.17) is 0 Å². The maximum Gasteiger partial charge on any atom is 0.237 e. The lowest BCUT2D eigenvalue weighted by atomic mass is 9.84. The number of carbonyl (C=O) groups excluding carboxylic acids is 1. The molecule has 0 aliphatic carbocycles. The molecule has 3 rings (SSSR count). The van der Waals surface area contributed by atoms with E-state index in [2.05, 4.69) is 17.6 Å². The summed E-state index contributed by atoms with van der Waals surface area (Å²) < 4.78 is 0. The van der Waals surface area contributed by atoms with Crippen LogP contribution >= 0.6 is 0 Å². The van der Waals surface area contributed by atoms with Crippen LogP contribution in [0.2, 0.25) is 0 Å². The van der Waals surface area contributed by atoms with Crippen LogP contribution in [0.25, 0.3) is 0 Å². The second-order valence-electron chi connectivity index (χ2n) is 3.52. The van der Waals surface area contributed by atoms with E-state index in [0.717, 1.165) is 19.4 Å². The van der Waals surface area contributed by atoms with E-state index in [9.17, 15) is 4.79 Å². The first-order chi connectivity index (χ1) is 4.70. The minimum absolute atomic E-state index is 0.0475.